The highest BCUT2D eigenvalue weighted by atomic mass is 32.2. The lowest BCUT2D eigenvalue weighted by molar-refractivity contribution is -0.118. The maximum Gasteiger partial charge on any atom is 0.250 e. The summed E-state index contributed by atoms with van der Waals surface area (Å²) in [5.74, 6) is 0.690. The van der Waals surface area contributed by atoms with Crippen LogP contribution >= 0.6 is 11.8 Å². The van der Waals surface area contributed by atoms with Crippen LogP contribution in [0.5, 0.6) is 0 Å². The Labute approximate surface area is 185 Å². The zero-order valence-corrected chi connectivity index (χ0v) is 17.8. The van der Waals surface area contributed by atoms with E-state index in [1.165, 1.54) is 11.8 Å². The topological polar surface area (TPSA) is 72.2 Å². The van der Waals surface area contributed by atoms with Crippen molar-refractivity contribution in [1.29, 1.82) is 0 Å². The van der Waals surface area contributed by atoms with Gasteiger partial charge in [0.2, 0.25) is 0 Å². The zero-order valence-electron chi connectivity index (χ0n) is 17.0. The molecule has 0 saturated heterocycles. The van der Waals surface area contributed by atoms with Gasteiger partial charge in [-0.1, -0.05) is 90.1 Å². The molecule has 0 unspecified atom stereocenters. The van der Waals surface area contributed by atoms with Crippen molar-refractivity contribution in [3.8, 4) is 17.1 Å². The summed E-state index contributed by atoms with van der Waals surface area (Å²) < 4.78 is 1.96. The molecule has 0 aliphatic heterocycles. The average molecular weight is 428 g/mol. The van der Waals surface area contributed by atoms with E-state index in [1.54, 1.807) is 6.21 Å². The van der Waals surface area contributed by atoms with Gasteiger partial charge in [-0.2, -0.15) is 5.10 Å². The minimum atomic E-state index is -0.210. The van der Waals surface area contributed by atoms with Crippen molar-refractivity contribution < 1.29 is 4.79 Å². The predicted octanol–water partition coefficient (Wildman–Crippen LogP) is 4.49. The van der Waals surface area contributed by atoms with Gasteiger partial charge in [-0.05, 0) is 24.6 Å². The molecule has 0 atom stereocenters. The van der Waals surface area contributed by atoms with Gasteiger partial charge >= 0.3 is 0 Å². The molecule has 0 aliphatic carbocycles. The smallest absolute Gasteiger partial charge is 0.250 e. The number of amides is 1. The number of benzene rings is 3. The highest BCUT2D eigenvalue weighted by Crippen LogP contribution is 2.27. The maximum absolute atomic E-state index is 12.3. The van der Waals surface area contributed by atoms with E-state index in [0.717, 1.165) is 28.2 Å². The van der Waals surface area contributed by atoms with E-state index in [9.17, 15) is 4.79 Å². The van der Waals surface area contributed by atoms with Gasteiger partial charge < -0.3 is 0 Å². The van der Waals surface area contributed by atoms with Crippen molar-refractivity contribution in [1.82, 2.24) is 20.2 Å². The lowest BCUT2D eigenvalue weighted by atomic mass is 10.2. The fraction of sp³-hybridized carbons (Fsp3) is 0.0833. The number of aryl methyl sites for hydroxylation is 1. The van der Waals surface area contributed by atoms with Gasteiger partial charge in [0, 0.05) is 11.3 Å². The van der Waals surface area contributed by atoms with Crippen molar-refractivity contribution in [2.45, 2.75) is 12.1 Å². The first-order chi connectivity index (χ1) is 15.2. The Hall–Kier alpha value is -3.71. The molecule has 0 bridgehead atoms. The number of hydrogen-bond acceptors (Lipinski definition) is 5. The Bertz CT molecular complexity index is 1190. The van der Waals surface area contributed by atoms with Crippen LogP contribution in [0, 0.1) is 6.92 Å². The largest absolute Gasteiger partial charge is 0.272 e. The first-order valence-electron chi connectivity index (χ1n) is 9.78. The molecule has 0 fully saturated rings. The second-order valence-corrected chi connectivity index (χ2v) is 7.78. The summed E-state index contributed by atoms with van der Waals surface area (Å²) in [6, 6.07) is 27.6. The van der Waals surface area contributed by atoms with Gasteiger partial charge in [-0.25, -0.2) is 5.43 Å². The van der Waals surface area contributed by atoms with Gasteiger partial charge in [0.05, 0.1) is 12.0 Å². The summed E-state index contributed by atoms with van der Waals surface area (Å²) in [5, 5.41) is 13.4. The van der Waals surface area contributed by atoms with Crippen molar-refractivity contribution in [3.63, 3.8) is 0 Å². The molecular weight excluding hydrogens is 406 g/mol. The van der Waals surface area contributed by atoms with Gasteiger partial charge in [-0.3, -0.25) is 9.36 Å². The molecule has 4 aromatic rings. The number of hydrazone groups is 1. The van der Waals surface area contributed by atoms with Crippen molar-refractivity contribution in [2.75, 3.05) is 5.75 Å². The van der Waals surface area contributed by atoms with Crippen LogP contribution in [0.1, 0.15) is 11.1 Å². The number of hydrogen-bond donors (Lipinski definition) is 1. The van der Waals surface area contributed by atoms with E-state index in [2.05, 4.69) is 20.7 Å². The molecule has 1 amide bonds. The van der Waals surface area contributed by atoms with Gasteiger partial charge in [0.15, 0.2) is 11.0 Å². The molecule has 154 valence electrons. The number of para-hydroxylation sites is 1. The monoisotopic (exact) mass is 427 g/mol. The molecule has 1 heterocycles. The number of nitrogens with zero attached hydrogens (tertiary/aromatic N) is 4. The molecule has 7 heteroatoms. The third-order valence-corrected chi connectivity index (χ3v) is 5.39. The molecule has 0 radical (unpaired) electrons. The molecule has 4 rings (SSSR count). The Kier molecular flexibility index (Phi) is 6.54. The summed E-state index contributed by atoms with van der Waals surface area (Å²) in [5.41, 5.74) is 6.54. The van der Waals surface area contributed by atoms with Crippen LogP contribution < -0.4 is 5.43 Å². The summed E-state index contributed by atoms with van der Waals surface area (Å²) in [4.78, 5) is 12.3. The van der Waals surface area contributed by atoms with Crippen molar-refractivity contribution in [2.24, 2.45) is 5.10 Å². The average Bonchev–Trinajstić information content (AvgIpc) is 3.23. The number of nitrogens with one attached hydrogen (secondary N) is 1. The van der Waals surface area contributed by atoms with Crippen molar-refractivity contribution in [3.05, 3.63) is 96.1 Å². The Morgan fingerprint density at radius 2 is 1.74 bits per heavy atom. The summed E-state index contributed by atoms with van der Waals surface area (Å²) in [6.45, 7) is 2.01. The summed E-state index contributed by atoms with van der Waals surface area (Å²) in [7, 11) is 0. The van der Waals surface area contributed by atoms with E-state index in [-0.39, 0.29) is 11.7 Å². The lowest BCUT2D eigenvalue weighted by Gasteiger charge is -2.10. The molecule has 3 aromatic carbocycles. The SMILES string of the molecule is Cc1cccc(/C=N/NC(=O)CSc2nnc(-c3ccccc3)n2-c2ccccc2)c1. The fourth-order valence-electron chi connectivity index (χ4n) is 3.04. The molecule has 31 heavy (non-hydrogen) atoms. The second kappa shape index (κ2) is 9.86. The Morgan fingerprint density at radius 3 is 2.48 bits per heavy atom. The minimum absolute atomic E-state index is 0.172. The third-order valence-electron chi connectivity index (χ3n) is 4.46. The fourth-order valence-corrected chi connectivity index (χ4v) is 3.78. The van der Waals surface area contributed by atoms with Crippen LogP contribution in [0.4, 0.5) is 0 Å². The van der Waals surface area contributed by atoms with E-state index in [1.807, 2.05) is 96.4 Å². The van der Waals surface area contributed by atoms with Crippen LogP contribution in [-0.2, 0) is 4.79 Å². The predicted molar refractivity (Wildman–Crippen MR) is 124 cm³/mol. The summed E-state index contributed by atoms with van der Waals surface area (Å²) in [6.07, 6.45) is 1.63. The Balaban J connectivity index is 1.48. The van der Waals surface area contributed by atoms with Gasteiger partial charge in [0.25, 0.3) is 5.91 Å². The van der Waals surface area contributed by atoms with E-state index < -0.39 is 0 Å². The Morgan fingerprint density at radius 1 is 1.00 bits per heavy atom. The quantitative estimate of drug-likeness (QED) is 0.268. The van der Waals surface area contributed by atoms with Crippen LogP contribution in [0.3, 0.4) is 0 Å². The second-order valence-electron chi connectivity index (χ2n) is 6.84. The van der Waals surface area contributed by atoms with Gasteiger partial charge in [-0.15, -0.1) is 10.2 Å². The van der Waals surface area contributed by atoms with Gasteiger partial charge in [0.1, 0.15) is 0 Å². The maximum atomic E-state index is 12.3. The van der Waals surface area contributed by atoms with Crippen LogP contribution in [0.25, 0.3) is 17.1 Å². The van der Waals surface area contributed by atoms with Crippen LogP contribution in [0.15, 0.2) is 95.2 Å². The van der Waals surface area contributed by atoms with E-state index in [4.69, 9.17) is 0 Å². The lowest BCUT2D eigenvalue weighted by Crippen LogP contribution is -2.20. The molecular formula is C24H21N5OS. The molecule has 6 nitrogen and oxygen atoms in total. The number of rotatable bonds is 7. The molecule has 0 aliphatic rings. The van der Waals surface area contributed by atoms with Crippen molar-refractivity contribution >= 4 is 23.9 Å². The number of carbonyl (C=O) groups excluding carboxylic acids is 1. The first kappa shape index (κ1) is 20.6. The molecule has 0 saturated carbocycles. The highest BCUT2D eigenvalue weighted by molar-refractivity contribution is 7.99. The normalized spacial score (nSPS) is 11.0. The minimum Gasteiger partial charge on any atom is -0.272 e. The van der Waals surface area contributed by atoms with Crippen LogP contribution in [0.2, 0.25) is 0 Å². The van der Waals surface area contributed by atoms with E-state index in [0.29, 0.717) is 5.16 Å². The standard InChI is InChI=1S/C24H21N5OS/c1-18-9-8-10-19(15-18)16-25-26-22(30)17-31-24-28-27-23(20-11-4-2-5-12-20)29(24)21-13-6-3-7-14-21/h2-16H,17H2,1H3,(H,26,30)/b25-16+. The zero-order chi connectivity index (χ0) is 21.5. The summed E-state index contributed by atoms with van der Waals surface area (Å²) >= 11 is 1.32. The van der Waals surface area contributed by atoms with E-state index >= 15 is 0 Å². The first-order valence-corrected chi connectivity index (χ1v) is 10.8. The number of thioether (sulfide) groups is 1. The number of carbonyl (C=O) groups is 1. The number of aromatic nitrogens is 3. The van der Waals surface area contributed by atoms with Crippen LogP contribution in [-0.4, -0.2) is 32.6 Å². The third kappa shape index (κ3) is 5.26. The molecule has 1 aromatic heterocycles. The highest BCUT2D eigenvalue weighted by Gasteiger charge is 2.16. The molecule has 1 N–H and O–H groups in total. The molecule has 0 spiro atoms.